The fourth-order valence-corrected chi connectivity index (χ4v) is 1.37. The van der Waals surface area contributed by atoms with Crippen LogP contribution in [0.5, 0.6) is 5.75 Å². The molecule has 1 aromatic rings. The Morgan fingerprint density at radius 2 is 2.19 bits per heavy atom. The number of nitrogens with zero attached hydrogens (tertiary/aromatic N) is 1. The molecule has 1 unspecified atom stereocenters. The highest BCUT2D eigenvalue weighted by Crippen LogP contribution is 2.18. The average molecular weight is 225 g/mol. The second kappa shape index (κ2) is 6.42. The Bertz CT molecular complexity index is 318. The molecule has 0 saturated carbocycles. The van der Waals surface area contributed by atoms with Crippen molar-refractivity contribution in [3.63, 3.8) is 0 Å². The zero-order valence-corrected chi connectivity index (χ0v) is 9.93. The first-order valence-corrected chi connectivity index (χ1v) is 5.24. The van der Waals surface area contributed by atoms with Crippen LogP contribution in [0.4, 0.5) is 0 Å². The lowest BCUT2D eigenvalue weighted by Gasteiger charge is -2.16. The van der Waals surface area contributed by atoms with E-state index in [2.05, 4.69) is 10.4 Å². The first-order valence-electron chi connectivity index (χ1n) is 5.24. The Kier molecular flexibility index (Phi) is 5.18. The standard InChI is InChI=1S/C11H19N3O2/c1-8(2)16-10-4-9(5-13-6-10)11(14-12)7-15-3/h4-6,8,11,14H,7,12H2,1-3H3. The summed E-state index contributed by atoms with van der Waals surface area (Å²) < 4.78 is 10.6. The molecule has 5 nitrogen and oxygen atoms in total. The van der Waals surface area contributed by atoms with Gasteiger partial charge in [0.2, 0.25) is 0 Å². The summed E-state index contributed by atoms with van der Waals surface area (Å²) in [6.45, 7) is 4.43. The molecular weight excluding hydrogens is 206 g/mol. The van der Waals surface area contributed by atoms with Crippen LogP contribution >= 0.6 is 0 Å². The molecule has 1 atom stereocenters. The molecule has 0 aliphatic heterocycles. The molecule has 3 N–H and O–H groups in total. The SMILES string of the molecule is COCC(NN)c1cncc(OC(C)C)c1. The van der Waals surface area contributed by atoms with E-state index in [1.54, 1.807) is 19.5 Å². The predicted molar refractivity (Wildman–Crippen MR) is 61.9 cm³/mol. The smallest absolute Gasteiger partial charge is 0.138 e. The number of nitrogens with one attached hydrogen (secondary N) is 1. The van der Waals surface area contributed by atoms with Crippen LogP contribution in [0.3, 0.4) is 0 Å². The zero-order chi connectivity index (χ0) is 12.0. The molecule has 0 radical (unpaired) electrons. The first kappa shape index (κ1) is 12.9. The number of rotatable bonds is 6. The van der Waals surface area contributed by atoms with E-state index in [9.17, 15) is 0 Å². The van der Waals surface area contributed by atoms with Crippen LogP contribution in [0.1, 0.15) is 25.5 Å². The van der Waals surface area contributed by atoms with Crippen LogP contribution in [0.25, 0.3) is 0 Å². The van der Waals surface area contributed by atoms with E-state index in [4.69, 9.17) is 15.3 Å². The van der Waals surface area contributed by atoms with Gasteiger partial charge in [-0.25, -0.2) is 0 Å². The van der Waals surface area contributed by atoms with Gasteiger partial charge in [0.05, 0.1) is 24.9 Å². The summed E-state index contributed by atoms with van der Waals surface area (Å²) in [7, 11) is 1.63. The fraction of sp³-hybridized carbons (Fsp3) is 0.545. The summed E-state index contributed by atoms with van der Waals surface area (Å²) in [5.41, 5.74) is 3.63. The Morgan fingerprint density at radius 3 is 2.75 bits per heavy atom. The highest BCUT2D eigenvalue weighted by Gasteiger charge is 2.10. The highest BCUT2D eigenvalue weighted by molar-refractivity contribution is 5.26. The number of methoxy groups -OCH3 is 1. The summed E-state index contributed by atoms with van der Waals surface area (Å²) in [6, 6.07) is 1.84. The third kappa shape index (κ3) is 3.77. The molecular formula is C11H19N3O2. The van der Waals surface area contributed by atoms with Crippen molar-refractivity contribution in [1.29, 1.82) is 0 Å². The van der Waals surface area contributed by atoms with Crippen LogP contribution in [0.15, 0.2) is 18.5 Å². The molecule has 1 rings (SSSR count). The van der Waals surface area contributed by atoms with Gasteiger partial charge in [-0.15, -0.1) is 0 Å². The van der Waals surface area contributed by atoms with Gasteiger partial charge < -0.3 is 9.47 Å². The van der Waals surface area contributed by atoms with Gasteiger partial charge in [0.15, 0.2) is 0 Å². The van der Waals surface area contributed by atoms with E-state index in [1.165, 1.54) is 0 Å². The van der Waals surface area contributed by atoms with Gasteiger partial charge in [-0.1, -0.05) is 0 Å². The molecule has 0 aliphatic carbocycles. The van der Waals surface area contributed by atoms with Crippen molar-refractivity contribution in [2.24, 2.45) is 5.84 Å². The number of hydrogen-bond acceptors (Lipinski definition) is 5. The quantitative estimate of drug-likeness (QED) is 0.559. The zero-order valence-electron chi connectivity index (χ0n) is 9.93. The van der Waals surface area contributed by atoms with Crippen molar-refractivity contribution in [2.75, 3.05) is 13.7 Å². The molecule has 1 heterocycles. The molecule has 0 aromatic carbocycles. The maximum absolute atomic E-state index is 5.56. The number of pyridine rings is 1. The van der Waals surface area contributed by atoms with Crippen LogP contribution in [-0.2, 0) is 4.74 Å². The van der Waals surface area contributed by atoms with Crippen molar-refractivity contribution >= 4 is 0 Å². The van der Waals surface area contributed by atoms with Crippen molar-refractivity contribution < 1.29 is 9.47 Å². The Balaban J connectivity index is 2.79. The summed E-state index contributed by atoms with van der Waals surface area (Å²) in [5.74, 6) is 6.18. The van der Waals surface area contributed by atoms with Gasteiger partial charge in [0.1, 0.15) is 5.75 Å². The van der Waals surface area contributed by atoms with E-state index in [0.29, 0.717) is 6.61 Å². The second-order valence-corrected chi connectivity index (χ2v) is 3.80. The van der Waals surface area contributed by atoms with Crippen molar-refractivity contribution in [3.8, 4) is 5.75 Å². The molecule has 0 saturated heterocycles. The highest BCUT2D eigenvalue weighted by atomic mass is 16.5. The van der Waals surface area contributed by atoms with Gasteiger partial charge >= 0.3 is 0 Å². The van der Waals surface area contributed by atoms with Crippen molar-refractivity contribution in [1.82, 2.24) is 10.4 Å². The van der Waals surface area contributed by atoms with Gasteiger partial charge in [0, 0.05) is 13.3 Å². The monoisotopic (exact) mass is 225 g/mol. The van der Waals surface area contributed by atoms with E-state index in [1.807, 2.05) is 19.9 Å². The molecule has 90 valence electrons. The number of hydrogen-bond donors (Lipinski definition) is 2. The third-order valence-electron chi connectivity index (χ3n) is 2.04. The lowest BCUT2D eigenvalue weighted by Crippen LogP contribution is -2.31. The van der Waals surface area contributed by atoms with Crippen molar-refractivity contribution in [2.45, 2.75) is 26.0 Å². The van der Waals surface area contributed by atoms with E-state index in [0.717, 1.165) is 11.3 Å². The molecule has 0 spiro atoms. The molecule has 16 heavy (non-hydrogen) atoms. The molecule has 0 fully saturated rings. The van der Waals surface area contributed by atoms with Crippen LogP contribution in [0, 0.1) is 0 Å². The summed E-state index contributed by atoms with van der Waals surface area (Å²) in [4.78, 5) is 4.11. The maximum atomic E-state index is 5.56. The molecule has 0 aliphatic rings. The number of nitrogens with two attached hydrogens (primary N) is 1. The van der Waals surface area contributed by atoms with E-state index in [-0.39, 0.29) is 12.1 Å². The van der Waals surface area contributed by atoms with Gasteiger partial charge in [0.25, 0.3) is 0 Å². The summed E-state index contributed by atoms with van der Waals surface area (Å²) >= 11 is 0. The van der Waals surface area contributed by atoms with E-state index >= 15 is 0 Å². The van der Waals surface area contributed by atoms with Gasteiger partial charge in [-0.3, -0.25) is 16.3 Å². The maximum Gasteiger partial charge on any atom is 0.138 e. The van der Waals surface area contributed by atoms with Crippen LogP contribution in [-0.4, -0.2) is 24.8 Å². The van der Waals surface area contributed by atoms with Crippen molar-refractivity contribution in [3.05, 3.63) is 24.0 Å². The topological polar surface area (TPSA) is 69.4 Å². The predicted octanol–water partition coefficient (Wildman–Crippen LogP) is 1.02. The molecule has 0 amide bonds. The minimum Gasteiger partial charge on any atom is -0.489 e. The van der Waals surface area contributed by atoms with Crippen LogP contribution < -0.4 is 16.0 Å². The summed E-state index contributed by atoms with van der Waals surface area (Å²) in [6.07, 6.45) is 3.56. The van der Waals surface area contributed by atoms with Gasteiger partial charge in [-0.05, 0) is 25.5 Å². The largest absolute Gasteiger partial charge is 0.489 e. The average Bonchev–Trinajstić information content (AvgIpc) is 2.25. The Hall–Kier alpha value is -1.17. The Morgan fingerprint density at radius 1 is 1.44 bits per heavy atom. The number of aromatic nitrogens is 1. The Labute approximate surface area is 95.9 Å². The molecule has 5 heteroatoms. The third-order valence-corrected chi connectivity index (χ3v) is 2.04. The minimum absolute atomic E-state index is 0.0757. The molecule has 1 aromatic heterocycles. The second-order valence-electron chi connectivity index (χ2n) is 3.80. The van der Waals surface area contributed by atoms with Crippen LogP contribution in [0.2, 0.25) is 0 Å². The summed E-state index contributed by atoms with van der Waals surface area (Å²) in [5, 5.41) is 0. The fourth-order valence-electron chi connectivity index (χ4n) is 1.37. The lowest BCUT2D eigenvalue weighted by molar-refractivity contribution is 0.167. The minimum atomic E-state index is -0.0757. The van der Waals surface area contributed by atoms with Gasteiger partial charge in [-0.2, -0.15) is 0 Å². The first-order chi connectivity index (χ1) is 7.67. The number of ether oxygens (including phenoxy) is 2. The molecule has 0 bridgehead atoms. The normalized spacial score (nSPS) is 12.8. The number of hydrazine groups is 1. The lowest BCUT2D eigenvalue weighted by atomic mass is 10.1. The van der Waals surface area contributed by atoms with E-state index < -0.39 is 0 Å².